The van der Waals surface area contributed by atoms with E-state index in [2.05, 4.69) is 84.9 Å². The van der Waals surface area contributed by atoms with E-state index in [1.54, 1.807) is 0 Å². The standard InChI is InChI=1S/5C28H14O2/c29-27-21-7-3-2-6-17(21)24-13-15-9-10-19-18(23(15)14-25(24)27)11-12-20-16-5-1-4-8-22(16)28(30)26(19)20;29-27-19-11-5-2-8-16(19)22-13-23-21(14-24(22)27)15-7-1-3-9-17(15)26-25(23)18-10-4-6-12-20(18)28(26)30;29-27-19-11-5-2-8-16(19)22-13-21-15-7-1-3-9-17(15)25-18-10-4-6-12-20(18)28(30)26(25)23(21)14-24(22)27;29-27-23-8-4-2-6-18(23)25-19-12-13-21-17(16(19)10-14-24(25)27)9-11-20-15-5-1-3-7-22(15)28(30)26(20)21;29-27-21-8-4-2-6-18(21)26-19-10-9-15-13-24-16-5-1-3-7-20(16)28(30)25(24)14-23(15)17(19)11-12-22(26)27/h5*1-14H. The molecular formula is C140H70O10. The first-order valence-electron chi connectivity index (χ1n) is 50.2. The average molecular weight is 1910 g/mol. The molecule has 10 nitrogen and oxygen atoms in total. The van der Waals surface area contributed by atoms with Crippen LogP contribution in [0.4, 0.5) is 0 Å². The van der Waals surface area contributed by atoms with Gasteiger partial charge in [0.15, 0.2) is 54.3 Å². The van der Waals surface area contributed by atoms with Gasteiger partial charge >= 0.3 is 0 Å². The molecule has 0 radical (unpaired) electrons. The summed E-state index contributed by atoms with van der Waals surface area (Å²) in [5.74, 6) is 0. The first-order chi connectivity index (χ1) is 73.7. The highest BCUT2D eigenvalue weighted by atomic mass is 16.1. The number of hydrogen-bond acceptors (Lipinski definition) is 10. The predicted octanol–water partition coefficient (Wildman–Crippen LogP) is 31.0. The van der Waals surface area contributed by atoms with Crippen LogP contribution in [0.2, 0.25) is 0 Å². The molecule has 0 aromatic heterocycles. The monoisotopic (exact) mass is 1910 g/mol. The lowest BCUT2D eigenvalue weighted by Gasteiger charge is -2.08. The highest BCUT2D eigenvalue weighted by molar-refractivity contribution is 6.40. The molecule has 0 aliphatic heterocycles. The van der Waals surface area contributed by atoms with Gasteiger partial charge in [-0.2, -0.15) is 0 Å². The van der Waals surface area contributed by atoms with Crippen LogP contribution in [-0.2, 0) is 0 Å². The molecule has 150 heavy (non-hydrogen) atoms. The third-order valence-corrected chi connectivity index (χ3v) is 32.7. The van der Waals surface area contributed by atoms with Crippen LogP contribution >= 0.6 is 0 Å². The van der Waals surface area contributed by atoms with Gasteiger partial charge in [0.05, 0.1) is 0 Å². The van der Waals surface area contributed by atoms with Crippen molar-refractivity contribution in [1.82, 2.24) is 0 Å². The van der Waals surface area contributed by atoms with Crippen molar-refractivity contribution in [1.29, 1.82) is 0 Å². The topological polar surface area (TPSA) is 171 Å². The Morgan fingerprint density at radius 1 is 0.0733 bits per heavy atom. The molecule has 0 aliphatic carbocycles. The van der Waals surface area contributed by atoms with Crippen LogP contribution < -0.4 is 54.3 Å². The lowest BCUT2D eigenvalue weighted by atomic mass is 9.94. The Morgan fingerprint density at radius 3 is 0.540 bits per heavy atom. The van der Waals surface area contributed by atoms with E-state index < -0.39 is 0 Å². The van der Waals surface area contributed by atoms with Gasteiger partial charge < -0.3 is 0 Å². The quantitative estimate of drug-likeness (QED) is 0.133. The zero-order valence-corrected chi connectivity index (χ0v) is 79.5. The highest BCUT2D eigenvalue weighted by Crippen LogP contribution is 2.48. The molecule has 0 saturated carbocycles. The zero-order chi connectivity index (χ0) is 99.9. The summed E-state index contributed by atoms with van der Waals surface area (Å²) in [6.45, 7) is 0. The summed E-state index contributed by atoms with van der Waals surface area (Å²) in [7, 11) is 0. The zero-order valence-electron chi connectivity index (χ0n) is 79.5. The Kier molecular flexibility index (Phi) is 17.5. The number of hydrogen-bond donors (Lipinski definition) is 0. The van der Waals surface area contributed by atoms with Crippen LogP contribution in [0.15, 0.2) is 473 Å². The van der Waals surface area contributed by atoms with Crippen molar-refractivity contribution in [3.8, 4) is 0 Å². The first kappa shape index (κ1) is 84.3. The lowest BCUT2D eigenvalue weighted by Crippen LogP contribution is -1.97. The molecule has 0 heterocycles. The molecule has 35 rings (SSSR count). The number of fused-ring (bicyclic) bond motifs is 53. The van der Waals surface area contributed by atoms with Crippen LogP contribution in [0.25, 0.3) is 323 Å². The molecule has 0 N–H and O–H groups in total. The Hall–Kier alpha value is -20.2. The lowest BCUT2D eigenvalue weighted by molar-refractivity contribution is 1.80. The fourth-order valence-corrected chi connectivity index (χ4v) is 26.1. The van der Waals surface area contributed by atoms with E-state index in [-0.39, 0.29) is 54.3 Å². The SMILES string of the molecule is O=c1c2ccccc2c2c1ccc1c3ccc4c5ccccc5c(=O)c4c3ccc12.O=c1c2ccccc2c2cc3c(cc12)c1ccccc1c1c(=O)c2ccccc2c31.O=c1c2ccccc2c2cc3c4ccccc4c4c5ccccc5c(=O)c4c3cc12.O=c1c2ccccc2c2cc3ccc4c(ccc5c(=O)c6ccccc6c54)c3cc12.O=c1c2ccccc2c2cc3ccc4c(ccc5c6ccccc6c(=O)c54)c3cc12. The van der Waals surface area contributed by atoms with Gasteiger partial charge in [0.2, 0.25) is 0 Å². The molecular weight excluding hydrogens is 1840 g/mol. The molecule has 690 valence electrons. The third kappa shape index (κ3) is 11.5. The molecule has 0 bridgehead atoms. The van der Waals surface area contributed by atoms with E-state index in [1.807, 2.05) is 340 Å². The smallest absolute Gasteiger partial charge is 0.194 e. The molecule has 0 spiro atoms. The van der Waals surface area contributed by atoms with Gasteiger partial charge in [0, 0.05) is 129 Å². The summed E-state index contributed by atoms with van der Waals surface area (Å²) in [6, 6.07) is 139. The third-order valence-electron chi connectivity index (χ3n) is 32.7. The van der Waals surface area contributed by atoms with Gasteiger partial charge in [-0.3, -0.25) is 47.9 Å². The van der Waals surface area contributed by atoms with E-state index >= 15 is 0 Å². The van der Waals surface area contributed by atoms with Crippen molar-refractivity contribution in [3.63, 3.8) is 0 Å². The van der Waals surface area contributed by atoms with Crippen molar-refractivity contribution >= 4 is 323 Å². The Balaban J connectivity index is 0.0000000844. The molecule has 35 aromatic carbocycles. The molecule has 0 aliphatic rings. The maximum Gasteiger partial charge on any atom is 0.194 e. The van der Waals surface area contributed by atoms with Crippen LogP contribution in [0.5, 0.6) is 0 Å². The molecule has 35 aromatic rings. The molecule has 0 saturated heterocycles. The maximum absolute atomic E-state index is 13.5. The summed E-state index contributed by atoms with van der Waals surface area (Å²) < 4.78 is 0. The Morgan fingerprint density at radius 2 is 0.213 bits per heavy atom. The Labute approximate surface area is 844 Å². The normalized spacial score (nSPS) is 12.3. The van der Waals surface area contributed by atoms with Gasteiger partial charge in [-0.1, -0.05) is 364 Å². The molecule has 0 atom stereocenters. The highest BCUT2D eigenvalue weighted by Gasteiger charge is 2.27. The van der Waals surface area contributed by atoms with Gasteiger partial charge in [0.25, 0.3) is 0 Å². The fourth-order valence-electron chi connectivity index (χ4n) is 26.1. The van der Waals surface area contributed by atoms with Gasteiger partial charge in [-0.25, -0.2) is 0 Å². The second-order valence-corrected chi connectivity index (χ2v) is 40.0. The summed E-state index contributed by atoms with van der Waals surface area (Å²) >= 11 is 0. The van der Waals surface area contributed by atoms with E-state index in [0.29, 0.717) is 5.39 Å². The summed E-state index contributed by atoms with van der Waals surface area (Å²) in [4.78, 5) is 131. The fraction of sp³-hybridized carbons (Fsp3) is 0. The van der Waals surface area contributed by atoms with Crippen LogP contribution in [0.3, 0.4) is 0 Å². The van der Waals surface area contributed by atoms with E-state index in [4.69, 9.17) is 0 Å². The minimum absolute atomic E-state index is 0.0346. The summed E-state index contributed by atoms with van der Waals surface area (Å²) in [6.07, 6.45) is 0. The van der Waals surface area contributed by atoms with Crippen molar-refractivity contribution in [2.75, 3.05) is 0 Å². The largest absolute Gasteiger partial charge is 0.289 e. The van der Waals surface area contributed by atoms with Crippen molar-refractivity contribution in [3.05, 3.63) is 527 Å². The molecule has 0 amide bonds. The predicted molar refractivity (Wildman–Crippen MR) is 632 cm³/mol. The first-order valence-corrected chi connectivity index (χ1v) is 50.2. The van der Waals surface area contributed by atoms with Crippen LogP contribution in [0.1, 0.15) is 0 Å². The Bertz CT molecular complexity index is 12800. The summed E-state index contributed by atoms with van der Waals surface area (Å²) in [5, 5.41) is 55.4. The average Bonchev–Trinajstić information content (AvgIpc) is 1.56. The van der Waals surface area contributed by atoms with E-state index in [1.165, 1.54) is 0 Å². The number of benzene rings is 25. The molecule has 0 fully saturated rings. The van der Waals surface area contributed by atoms with Crippen LogP contribution in [-0.4, -0.2) is 0 Å². The molecule has 0 unspecified atom stereocenters. The van der Waals surface area contributed by atoms with E-state index in [0.717, 1.165) is 318 Å². The van der Waals surface area contributed by atoms with E-state index in [9.17, 15) is 47.9 Å². The van der Waals surface area contributed by atoms with Gasteiger partial charge in [-0.05, 0) is 255 Å². The minimum atomic E-state index is 0.0346. The second-order valence-electron chi connectivity index (χ2n) is 40.0. The minimum Gasteiger partial charge on any atom is -0.289 e. The maximum atomic E-state index is 13.5. The van der Waals surface area contributed by atoms with Crippen molar-refractivity contribution in [2.45, 2.75) is 0 Å². The van der Waals surface area contributed by atoms with Crippen LogP contribution in [0, 0.1) is 0 Å². The molecule has 10 heteroatoms. The number of rotatable bonds is 0. The van der Waals surface area contributed by atoms with Crippen molar-refractivity contribution < 1.29 is 0 Å². The second kappa shape index (κ2) is 31.2. The van der Waals surface area contributed by atoms with Gasteiger partial charge in [-0.15, -0.1) is 0 Å². The van der Waals surface area contributed by atoms with Crippen molar-refractivity contribution in [2.24, 2.45) is 0 Å². The summed E-state index contributed by atoms with van der Waals surface area (Å²) in [5.41, 5.74) is 0.725. The van der Waals surface area contributed by atoms with Gasteiger partial charge in [0.1, 0.15) is 0 Å².